The Balaban J connectivity index is 2.00. The zero-order valence-corrected chi connectivity index (χ0v) is 10.4. The summed E-state index contributed by atoms with van der Waals surface area (Å²) in [4.78, 5) is 2.53. The van der Waals surface area contributed by atoms with Crippen LogP contribution in [0.25, 0.3) is 0 Å². The van der Waals surface area contributed by atoms with E-state index in [1.807, 2.05) is 12.1 Å². The van der Waals surface area contributed by atoms with Crippen LogP contribution >= 0.6 is 0 Å². The summed E-state index contributed by atoms with van der Waals surface area (Å²) in [5.74, 6) is 0.142. The maximum atomic E-state index is 7.36. The molecule has 1 aromatic rings. The van der Waals surface area contributed by atoms with E-state index in [0.29, 0.717) is 6.04 Å². The molecule has 92 valence electrons. The molecule has 3 N–H and O–H groups in total. The highest BCUT2D eigenvalue weighted by Crippen LogP contribution is 2.19. The number of hydrogen-bond acceptors (Lipinski definition) is 2. The molecule has 0 radical (unpaired) electrons. The van der Waals surface area contributed by atoms with Gasteiger partial charge in [0.05, 0.1) is 0 Å². The van der Waals surface area contributed by atoms with Crippen LogP contribution in [0.3, 0.4) is 0 Å². The second-order valence-electron chi connectivity index (χ2n) is 4.93. The van der Waals surface area contributed by atoms with E-state index < -0.39 is 0 Å². The van der Waals surface area contributed by atoms with Crippen LogP contribution in [0.2, 0.25) is 0 Å². The fourth-order valence-corrected chi connectivity index (χ4v) is 2.42. The van der Waals surface area contributed by atoms with E-state index in [4.69, 9.17) is 11.1 Å². The van der Waals surface area contributed by atoms with Crippen molar-refractivity contribution in [3.05, 3.63) is 35.4 Å². The Kier molecular flexibility index (Phi) is 3.79. The Bertz CT molecular complexity index is 383. The molecule has 1 aliphatic heterocycles. The first kappa shape index (κ1) is 12.1. The molecule has 1 aliphatic rings. The van der Waals surface area contributed by atoms with Crippen molar-refractivity contribution in [1.29, 1.82) is 5.41 Å². The van der Waals surface area contributed by atoms with Crippen molar-refractivity contribution in [3.63, 3.8) is 0 Å². The molecule has 0 aliphatic carbocycles. The summed E-state index contributed by atoms with van der Waals surface area (Å²) < 4.78 is 0. The summed E-state index contributed by atoms with van der Waals surface area (Å²) in [6.07, 6.45) is 3.99. The fraction of sp³-hybridized carbons (Fsp3) is 0.500. The summed E-state index contributed by atoms with van der Waals surface area (Å²) in [5, 5.41) is 7.36. The van der Waals surface area contributed by atoms with Crippen molar-refractivity contribution in [3.8, 4) is 0 Å². The van der Waals surface area contributed by atoms with Gasteiger partial charge in [0.15, 0.2) is 0 Å². The summed E-state index contributed by atoms with van der Waals surface area (Å²) in [6.45, 7) is 4.53. The lowest BCUT2D eigenvalue weighted by atomic mass is 10.0. The van der Waals surface area contributed by atoms with Gasteiger partial charge in [-0.25, -0.2) is 0 Å². The van der Waals surface area contributed by atoms with Crippen molar-refractivity contribution in [2.75, 3.05) is 6.54 Å². The standard InChI is InChI=1S/C14H21N3/c1-11-4-2-3-9-17(11)10-12-5-7-13(8-6-12)14(15)16/h5-8,11H,2-4,9-10H2,1H3,(H3,15,16). The molecule has 1 unspecified atom stereocenters. The third-order valence-corrected chi connectivity index (χ3v) is 3.59. The molecular weight excluding hydrogens is 210 g/mol. The lowest BCUT2D eigenvalue weighted by molar-refractivity contribution is 0.152. The number of piperidine rings is 1. The van der Waals surface area contributed by atoms with Gasteiger partial charge in [0.25, 0.3) is 0 Å². The van der Waals surface area contributed by atoms with Gasteiger partial charge in [-0.2, -0.15) is 0 Å². The van der Waals surface area contributed by atoms with E-state index in [0.717, 1.165) is 12.1 Å². The minimum atomic E-state index is 0.142. The smallest absolute Gasteiger partial charge is 0.122 e. The third kappa shape index (κ3) is 3.07. The highest BCUT2D eigenvalue weighted by Gasteiger charge is 2.17. The van der Waals surface area contributed by atoms with Gasteiger partial charge >= 0.3 is 0 Å². The summed E-state index contributed by atoms with van der Waals surface area (Å²) >= 11 is 0. The van der Waals surface area contributed by atoms with Gasteiger partial charge in [-0.15, -0.1) is 0 Å². The average molecular weight is 231 g/mol. The van der Waals surface area contributed by atoms with E-state index in [9.17, 15) is 0 Å². The number of nitrogen functional groups attached to an aromatic ring is 1. The number of amidine groups is 1. The van der Waals surface area contributed by atoms with Crippen LogP contribution in [-0.2, 0) is 6.54 Å². The molecule has 0 bridgehead atoms. The van der Waals surface area contributed by atoms with Crippen molar-refractivity contribution < 1.29 is 0 Å². The second-order valence-corrected chi connectivity index (χ2v) is 4.93. The summed E-state index contributed by atoms with van der Waals surface area (Å²) in [5.41, 5.74) is 7.56. The van der Waals surface area contributed by atoms with E-state index in [-0.39, 0.29) is 5.84 Å². The molecule has 1 atom stereocenters. The zero-order valence-electron chi connectivity index (χ0n) is 10.4. The van der Waals surface area contributed by atoms with Gasteiger partial charge in [-0.05, 0) is 31.9 Å². The topological polar surface area (TPSA) is 53.1 Å². The van der Waals surface area contributed by atoms with Gasteiger partial charge in [0.2, 0.25) is 0 Å². The molecule has 3 heteroatoms. The predicted octanol–water partition coefficient (Wildman–Crippen LogP) is 2.35. The van der Waals surface area contributed by atoms with Crippen LogP contribution in [0.5, 0.6) is 0 Å². The number of nitrogens with two attached hydrogens (primary N) is 1. The van der Waals surface area contributed by atoms with E-state index in [1.165, 1.54) is 31.4 Å². The third-order valence-electron chi connectivity index (χ3n) is 3.59. The number of nitrogens with one attached hydrogen (secondary N) is 1. The minimum Gasteiger partial charge on any atom is -0.384 e. The molecule has 3 nitrogen and oxygen atoms in total. The number of hydrogen-bond donors (Lipinski definition) is 2. The number of nitrogens with zero attached hydrogens (tertiary/aromatic N) is 1. The Morgan fingerprint density at radius 1 is 1.35 bits per heavy atom. The molecule has 1 heterocycles. The van der Waals surface area contributed by atoms with Crippen molar-refractivity contribution in [2.24, 2.45) is 5.73 Å². The van der Waals surface area contributed by atoms with Gasteiger partial charge in [0, 0.05) is 18.2 Å². The van der Waals surface area contributed by atoms with Crippen LogP contribution in [0.4, 0.5) is 0 Å². The number of rotatable bonds is 3. The predicted molar refractivity (Wildman–Crippen MR) is 71.2 cm³/mol. The highest BCUT2D eigenvalue weighted by molar-refractivity contribution is 5.94. The molecule has 1 saturated heterocycles. The largest absolute Gasteiger partial charge is 0.384 e. The minimum absolute atomic E-state index is 0.142. The normalized spacial score (nSPS) is 21.4. The van der Waals surface area contributed by atoms with Gasteiger partial charge in [-0.1, -0.05) is 30.7 Å². The maximum absolute atomic E-state index is 7.36. The lowest BCUT2D eigenvalue weighted by Gasteiger charge is -2.33. The fourth-order valence-electron chi connectivity index (χ4n) is 2.42. The monoisotopic (exact) mass is 231 g/mol. The van der Waals surface area contributed by atoms with Gasteiger partial charge in [0.1, 0.15) is 5.84 Å². The molecule has 0 amide bonds. The molecular formula is C14H21N3. The van der Waals surface area contributed by atoms with Crippen LogP contribution < -0.4 is 5.73 Å². The maximum Gasteiger partial charge on any atom is 0.122 e. The van der Waals surface area contributed by atoms with Crippen LogP contribution in [0.15, 0.2) is 24.3 Å². The van der Waals surface area contributed by atoms with Crippen LogP contribution in [0.1, 0.15) is 37.3 Å². The molecule has 1 aromatic carbocycles. The lowest BCUT2D eigenvalue weighted by Crippen LogP contribution is -2.36. The van der Waals surface area contributed by atoms with Crippen molar-refractivity contribution >= 4 is 5.84 Å². The molecule has 17 heavy (non-hydrogen) atoms. The molecule has 0 spiro atoms. The summed E-state index contributed by atoms with van der Waals surface area (Å²) in [7, 11) is 0. The first-order chi connectivity index (χ1) is 8.16. The van der Waals surface area contributed by atoms with Crippen molar-refractivity contribution in [1.82, 2.24) is 4.90 Å². The van der Waals surface area contributed by atoms with E-state index >= 15 is 0 Å². The van der Waals surface area contributed by atoms with E-state index in [2.05, 4.69) is 24.0 Å². The van der Waals surface area contributed by atoms with Gasteiger partial charge < -0.3 is 5.73 Å². The first-order valence-electron chi connectivity index (χ1n) is 6.34. The molecule has 1 fully saturated rings. The van der Waals surface area contributed by atoms with Crippen molar-refractivity contribution in [2.45, 2.75) is 38.8 Å². The first-order valence-corrected chi connectivity index (χ1v) is 6.34. The Morgan fingerprint density at radius 3 is 2.65 bits per heavy atom. The molecule has 2 rings (SSSR count). The Labute approximate surface area is 103 Å². The number of benzene rings is 1. The average Bonchev–Trinajstić information content (AvgIpc) is 2.33. The van der Waals surface area contributed by atoms with Gasteiger partial charge in [-0.3, -0.25) is 10.3 Å². The Hall–Kier alpha value is -1.35. The molecule has 0 saturated carbocycles. The highest BCUT2D eigenvalue weighted by atomic mass is 15.2. The quantitative estimate of drug-likeness (QED) is 0.619. The van der Waals surface area contributed by atoms with Crippen LogP contribution in [0, 0.1) is 5.41 Å². The number of likely N-dealkylation sites (tertiary alicyclic amines) is 1. The zero-order chi connectivity index (χ0) is 12.3. The Morgan fingerprint density at radius 2 is 2.06 bits per heavy atom. The SMILES string of the molecule is CC1CCCCN1Cc1ccc(C(=N)N)cc1. The van der Waals surface area contributed by atoms with E-state index in [1.54, 1.807) is 0 Å². The molecule has 0 aromatic heterocycles. The second kappa shape index (κ2) is 5.32. The van der Waals surface area contributed by atoms with Crippen LogP contribution in [-0.4, -0.2) is 23.3 Å². The summed E-state index contributed by atoms with van der Waals surface area (Å²) in [6, 6.07) is 8.73.